The van der Waals surface area contributed by atoms with Crippen molar-refractivity contribution in [3.8, 4) is 5.75 Å². The molecular formula is C21H33N2O+. The largest absolute Gasteiger partial charge is 0.494 e. The summed E-state index contributed by atoms with van der Waals surface area (Å²) in [7, 11) is 2.04. The van der Waals surface area contributed by atoms with E-state index in [0.717, 1.165) is 25.3 Å². The van der Waals surface area contributed by atoms with Crippen molar-refractivity contribution in [1.82, 2.24) is 4.57 Å². The van der Waals surface area contributed by atoms with Crippen LogP contribution < -0.4 is 9.30 Å². The third kappa shape index (κ3) is 7.20. The SMILES string of the molecule is CCCCCCCCCCOc1ccc(Cn2cc[n+](C)c2)cc1. The molecule has 0 saturated carbocycles. The maximum absolute atomic E-state index is 5.85. The quantitative estimate of drug-likeness (QED) is 0.401. The van der Waals surface area contributed by atoms with Crippen LogP contribution in [0.4, 0.5) is 0 Å². The van der Waals surface area contributed by atoms with Gasteiger partial charge in [-0.2, -0.15) is 0 Å². The Morgan fingerprint density at radius 3 is 2.21 bits per heavy atom. The normalized spacial score (nSPS) is 10.9. The summed E-state index contributed by atoms with van der Waals surface area (Å²) < 4.78 is 10.1. The van der Waals surface area contributed by atoms with E-state index < -0.39 is 0 Å². The first-order valence-electron chi connectivity index (χ1n) is 9.50. The van der Waals surface area contributed by atoms with Crippen LogP contribution in [0.1, 0.15) is 63.9 Å². The van der Waals surface area contributed by atoms with E-state index in [1.165, 1.54) is 50.5 Å². The van der Waals surface area contributed by atoms with Crippen LogP contribution in [0.5, 0.6) is 5.75 Å². The van der Waals surface area contributed by atoms with Crippen LogP contribution in [0.25, 0.3) is 0 Å². The van der Waals surface area contributed by atoms with E-state index in [0.29, 0.717) is 0 Å². The van der Waals surface area contributed by atoms with Crippen molar-refractivity contribution in [3.63, 3.8) is 0 Å². The van der Waals surface area contributed by atoms with Crippen molar-refractivity contribution in [2.75, 3.05) is 6.61 Å². The van der Waals surface area contributed by atoms with Crippen molar-refractivity contribution in [2.45, 2.75) is 64.8 Å². The number of nitrogens with zero attached hydrogens (tertiary/aromatic N) is 2. The lowest BCUT2D eigenvalue weighted by molar-refractivity contribution is -0.671. The van der Waals surface area contributed by atoms with Gasteiger partial charge in [-0.1, -0.05) is 64.0 Å². The van der Waals surface area contributed by atoms with Gasteiger partial charge in [0.2, 0.25) is 6.33 Å². The molecule has 0 bridgehead atoms. The molecular weight excluding hydrogens is 296 g/mol. The highest BCUT2D eigenvalue weighted by Gasteiger charge is 2.02. The molecule has 1 aromatic carbocycles. The highest BCUT2D eigenvalue weighted by atomic mass is 16.5. The van der Waals surface area contributed by atoms with Crippen LogP contribution in [-0.2, 0) is 13.6 Å². The summed E-state index contributed by atoms with van der Waals surface area (Å²) in [6.45, 7) is 4.01. The second-order valence-corrected chi connectivity index (χ2v) is 6.72. The van der Waals surface area contributed by atoms with Gasteiger partial charge < -0.3 is 4.74 Å². The van der Waals surface area contributed by atoms with Crippen molar-refractivity contribution in [3.05, 3.63) is 48.5 Å². The molecule has 0 amide bonds. The van der Waals surface area contributed by atoms with E-state index in [4.69, 9.17) is 4.74 Å². The highest BCUT2D eigenvalue weighted by molar-refractivity contribution is 5.27. The maximum Gasteiger partial charge on any atom is 0.243 e. The fourth-order valence-electron chi connectivity index (χ4n) is 2.92. The molecule has 0 unspecified atom stereocenters. The molecule has 3 nitrogen and oxygen atoms in total. The number of unbranched alkanes of at least 4 members (excludes halogenated alkanes) is 7. The molecule has 2 rings (SSSR count). The Labute approximate surface area is 147 Å². The van der Waals surface area contributed by atoms with E-state index in [9.17, 15) is 0 Å². The average Bonchev–Trinajstić information content (AvgIpc) is 3.00. The average molecular weight is 330 g/mol. The zero-order valence-corrected chi connectivity index (χ0v) is 15.4. The van der Waals surface area contributed by atoms with Gasteiger partial charge in [0.05, 0.1) is 13.7 Å². The minimum absolute atomic E-state index is 0.835. The lowest BCUT2D eigenvalue weighted by Gasteiger charge is -2.07. The Kier molecular flexibility index (Phi) is 8.43. The lowest BCUT2D eigenvalue weighted by atomic mass is 10.1. The molecule has 0 spiro atoms. The van der Waals surface area contributed by atoms with Crippen molar-refractivity contribution < 1.29 is 9.30 Å². The summed E-state index contributed by atoms with van der Waals surface area (Å²) >= 11 is 0. The van der Waals surface area contributed by atoms with Gasteiger partial charge in [-0.25, -0.2) is 9.13 Å². The van der Waals surface area contributed by atoms with Crippen molar-refractivity contribution >= 4 is 0 Å². The topological polar surface area (TPSA) is 18.0 Å². The van der Waals surface area contributed by atoms with Crippen LogP contribution in [0, 0.1) is 0 Å². The Hall–Kier alpha value is -1.77. The van der Waals surface area contributed by atoms with Crippen LogP contribution in [-0.4, -0.2) is 11.2 Å². The number of aryl methyl sites for hydroxylation is 1. The van der Waals surface area contributed by atoms with Gasteiger partial charge in [0, 0.05) is 0 Å². The molecule has 0 radical (unpaired) electrons. The minimum atomic E-state index is 0.835. The summed E-state index contributed by atoms with van der Waals surface area (Å²) in [6, 6.07) is 8.49. The fraction of sp³-hybridized carbons (Fsp3) is 0.571. The van der Waals surface area contributed by atoms with E-state index in [2.05, 4.69) is 59.0 Å². The number of rotatable bonds is 12. The summed E-state index contributed by atoms with van der Waals surface area (Å²) in [5, 5.41) is 0. The molecule has 1 heterocycles. The van der Waals surface area contributed by atoms with Gasteiger partial charge in [-0.15, -0.1) is 0 Å². The third-order valence-corrected chi connectivity index (χ3v) is 4.38. The molecule has 2 aromatic rings. The van der Waals surface area contributed by atoms with Gasteiger partial charge in [-0.3, -0.25) is 0 Å². The maximum atomic E-state index is 5.85. The van der Waals surface area contributed by atoms with Crippen LogP contribution in [0.15, 0.2) is 43.0 Å². The predicted molar refractivity (Wildman–Crippen MR) is 99.3 cm³/mol. The fourth-order valence-corrected chi connectivity index (χ4v) is 2.92. The molecule has 3 heteroatoms. The molecule has 0 aliphatic heterocycles. The molecule has 0 atom stereocenters. The van der Waals surface area contributed by atoms with Crippen molar-refractivity contribution in [1.29, 1.82) is 0 Å². The lowest BCUT2D eigenvalue weighted by Crippen LogP contribution is -2.23. The number of aromatic nitrogens is 2. The molecule has 0 fully saturated rings. The monoisotopic (exact) mass is 329 g/mol. The first kappa shape index (κ1) is 18.6. The summed E-state index contributed by atoms with van der Waals surface area (Å²) in [6.07, 6.45) is 16.9. The predicted octanol–water partition coefficient (Wildman–Crippen LogP) is 4.88. The molecule has 1 aromatic heterocycles. The third-order valence-electron chi connectivity index (χ3n) is 4.38. The van der Waals surface area contributed by atoms with E-state index >= 15 is 0 Å². The van der Waals surface area contributed by atoms with E-state index in [1.807, 2.05) is 7.05 Å². The molecule has 0 saturated heterocycles. The van der Waals surface area contributed by atoms with Crippen LogP contribution in [0.3, 0.4) is 0 Å². The molecule has 132 valence electrons. The van der Waals surface area contributed by atoms with Crippen LogP contribution in [0.2, 0.25) is 0 Å². The Morgan fingerprint density at radius 2 is 1.58 bits per heavy atom. The number of ether oxygens (including phenoxy) is 1. The number of benzene rings is 1. The summed E-state index contributed by atoms with van der Waals surface area (Å²) in [5.41, 5.74) is 1.30. The van der Waals surface area contributed by atoms with Gasteiger partial charge in [-0.05, 0) is 24.1 Å². The number of imidazole rings is 1. The molecule has 0 aliphatic carbocycles. The highest BCUT2D eigenvalue weighted by Crippen LogP contribution is 2.14. The first-order chi connectivity index (χ1) is 11.8. The van der Waals surface area contributed by atoms with Gasteiger partial charge in [0.1, 0.15) is 24.7 Å². The van der Waals surface area contributed by atoms with Crippen molar-refractivity contribution in [2.24, 2.45) is 7.05 Å². The van der Waals surface area contributed by atoms with Gasteiger partial charge >= 0.3 is 0 Å². The minimum Gasteiger partial charge on any atom is -0.494 e. The van der Waals surface area contributed by atoms with Gasteiger partial charge in [0.25, 0.3) is 0 Å². The second-order valence-electron chi connectivity index (χ2n) is 6.72. The van der Waals surface area contributed by atoms with E-state index in [-0.39, 0.29) is 0 Å². The Morgan fingerprint density at radius 1 is 0.917 bits per heavy atom. The molecule has 0 aliphatic rings. The number of hydrogen-bond donors (Lipinski definition) is 0. The van der Waals surface area contributed by atoms with Crippen LogP contribution >= 0.6 is 0 Å². The Bertz CT molecular complexity index is 559. The second kappa shape index (κ2) is 10.9. The smallest absolute Gasteiger partial charge is 0.243 e. The molecule has 0 N–H and O–H groups in total. The first-order valence-corrected chi connectivity index (χ1v) is 9.50. The molecule has 24 heavy (non-hydrogen) atoms. The Balaban J connectivity index is 1.57. The zero-order valence-electron chi connectivity index (χ0n) is 15.4. The summed E-state index contributed by atoms with van der Waals surface area (Å²) in [4.78, 5) is 0. The zero-order chi connectivity index (χ0) is 17.0. The number of hydrogen-bond acceptors (Lipinski definition) is 1. The van der Waals surface area contributed by atoms with E-state index in [1.54, 1.807) is 0 Å². The summed E-state index contributed by atoms with van der Waals surface area (Å²) in [5.74, 6) is 0.986. The standard InChI is InChI=1S/C21H33N2O/c1-3-4-5-6-7-8-9-10-17-24-21-13-11-20(12-14-21)18-23-16-15-22(2)19-23/h11-16,19H,3-10,17-18H2,1-2H3/q+1. The van der Waals surface area contributed by atoms with Gasteiger partial charge in [0.15, 0.2) is 0 Å².